The number of fused-ring (bicyclic) bond motifs is 3. The van der Waals surface area contributed by atoms with Crippen LogP contribution in [0, 0.1) is 0 Å². The molecule has 1 aliphatic heterocycles. The summed E-state index contributed by atoms with van der Waals surface area (Å²) in [5, 5.41) is 12.0. The van der Waals surface area contributed by atoms with Gasteiger partial charge in [-0.1, -0.05) is 48.5 Å². The minimum atomic E-state index is -0.997. The van der Waals surface area contributed by atoms with Gasteiger partial charge in [-0.25, -0.2) is 4.79 Å². The molecule has 8 nitrogen and oxygen atoms in total. The van der Waals surface area contributed by atoms with Gasteiger partial charge >= 0.3 is 12.1 Å². The van der Waals surface area contributed by atoms with E-state index in [1.165, 1.54) is 4.90 Å². The first kappa shape index (κ1) is 25.1. The van der Waals surface area contributed by atoms with E-state index in [1.54, 1.807) is 11.8 Å². The molecule has 0 radical (unpaired) electrons. The largest absolute Gasteiger partial charge is 0.481 e. The minimum Gasteiger partial charge on any atom is -0.481 e. The van der Waals surface area contributed by atoms with Crippen LogP contribution in [0.25, 0.3) is 11.1 Å². The van der Waals surface area contributed by atoms with Crippen molar-refractivity contribution in [1.29, 1.82) is 0 Å². The molecule has 0 spiro atoms. The lowest BCUT2D eigenvalue weighted by Gasteiger charge is -2.37. The Bertz CT molecular complexity index is 1030. The number of benzene rings is 2. The van der Waals surface area contributed by atoms with Gasteiger partial charge in [0, 0.05) is 12.5 Å². The lowest BCUT2D eigenvalue weighted by molar-refractivity contribution is -0.147. The molecule has 2 N–H and O–H groups in total. The van der Waals surface area contributed by atoms with Crippen molar-refractivity contribution in [3.63, 3.8) is 0 Å². The van der Waals surface area contributed by atoms with E-state index in [9.17, 15) is 19.5 Å². The van der Waals surface area contributed by atoms with Crippen molar-refractivity contribution in [2.45, 2.75) is 30.8 Å². The first-order valence-corrected chi connectivity index (χ1v) is 13.1. The van der Waals surface area contributed by atoms with E-state index < -0.39 is 24.1 Å². The van der Waals surface area contributed by atoms with E-state index in [-0.39, 0.29) is 31.5 Å². The van der Waals surface area contributed by atoms with Gasteiger partial charge in [0.1, 0.15) is 12.6 Å². The Labute approximate surface area is 209 Å². The van der Waals surface area contributed by atoms with Gasteiger partial charge in [-0.3, -0.25) is 9.59 Å². The number of nitrogens with one attached hydrogen (secondary N) is 1. The Morgan fingerprint density at radius 2 is 1.80 bits per heavy atom. The number of aliphatic carboxylic acids is 1. The molecule has 2 atom stereocenters. The van der Waals surface area contributed by atoms with E-state index >= 15 is 0 Å². The molecule has 2 amide bonds. The lowest BCUT2D eigenvalue weighted by atomic mass is 9.98. The predicted octanol–water partition coefficient (Wildman–Crippen LogP) is 3.35. The van der Waals surface area contributed by atoms with Gasteiger partial charge in [0.15, 0.2) is 0 Å². The second kappa shape index (κ2) is 11.6. The van der Waals surface area contributed by atoms with Gasteiger partial charge < -0.3 is 24.8 Å². The number of amides is 2. The Kier molecular flexibility index (Phi) is 8.30. The number of nitrogens with zero attached hydrogens (tertiary/aromatic N) is 1. The van der Waals surface area contributed by atoms with Crippen molar-refractivity contribution in [1.82, 2.24) is 10.2 Å². The van der Waals surface area contributed by atoms with Gasteiger partial charge in [0.2, 0.25) is 5.91 Å². The molecule has 35 heavy (non-hydrogen) atoms. The van der Waals surface area contributed by atoms with E-state index in [4.69, 9.17) is 9.47 Å². The number of carboxylic acid groups (broad SMARTS) is 1. The highest BCUT2D eigenvalue weighted by molar-refractivity contribution is 7.98. The molecule has 4 rings (SSSR count). The van der Waals surface area contributed by atoms with Gasteiger partial charge in [-0.15, -0.1) is 0 Å². The molecule has 9 heteroatoms. The van der Waals surface area contributed by atoms with Gasteiger partial charge in [-0.05, 0) is 40.7 Å². The maximum atomic E-state index is 13.3. The number of carboxylic acids is 1. The summed E-state index contributed by atoms with van der Waals surface area (Å²) in [4.78, 5) is 38.9. The molecule has 2 aromatic rings. The van der Waals surface area contributed by atoms with Crippen molar-refractivity contribution < 1.29 is 29.0 Å². The van der Waals surface area contributed by atoms with Crippen molar-refractivity contribution in [3.05, 3.63) is 59.7 Å². The molecule has 0 aromatic heterocycles. The van der Waals surface area contributed by atoms with Gasteiger partial charge in [-0.2, -0.15) is 11.8 Å². The summed E-state index contributed by atoms with van der Waals surface area (Å²) in [5.74, 6) is -0.716. The number of morpholine rings is 1. The van der Waals surface area contributed by atoms with Gasteiger partial charge in [0.05, 0.1) is 25.7 Å². The topological polar surface area (TPSA) is 105 Å². The Hall–Kier alpha value is -3.04. The summed E-state index contributed by atoms with van der Waals surface area (Å²) in [6.45, 7) is 0.946. The third kappa shape index (κ3) is 5.79. The molecule has 1 saturated heterocycles. The number of alkyl carbamates (subject to hydrolysis) is 1. The van der Waals surface area contributed by atoms with Crippen molar-refractivity contribution in [2.24, 2.45) is 0 Å². The van der Waals surface area contributed by atoms with Crippen LogP contribution >= 0.6 is 11.8 Å². The standard InChI is InChI=1S/C26H30N2O6S/c1-35-13-10-23(25(31)28-11-12-33-15-17(28)14-24(29)30)27-26(32)34-16-22-20-8-4-2-6-18(20)19-7-3-5-9-21(19)22/h2-9,17,22-23H,10-16H2,1H3,(H,27,32)(H,29,30). The molecule has 0 saturated carbocycles. The van der Waals surface area contributed by atoms with Crippen LogP contribution in [0.1, 0.15) is 29.9 Å². The number of rotatable bonds is 9. The van der Waals surface area contributed by atoms with E-state index in [0.717, 1.165) is 22.3 Å². The zero-order chi connectivity index (χ0) is 24.8. The maximum Gasteiger partial charge on any atom is 0.407 e. The van der Waals surface area contributed by atoms with Crippen LogP contribution in [-0.2, 0) is 19.1 Å². The molecule has 1 fully saturated rings. The van der Waals surface area contributed by atoms with E-state index in [0.29, 0.717) is 25.3 Å². The van der Waals surface area contributed by atoms with Crippen LogP contribution in [0.4, 0.5) is 4.79 Å². The third-order valence-corrected chi connectivity index (χ3v) is 7.11. The average molecular weight is 499 g/mol. The Balaban J connectivity index is 1.43. The Morgan fingerprint density at radius 3 is 2.43 bits per heavy atom. The van der Waals surface area contributed by atoms with Crippen molar-refractivity contribution >= 4 is 29.7 Å². The highest BCUT2D eigenvalue weighted by Crippen LogP contribution is 2.44. The highest BCUT2D eigenvalue weighted by atomic mass is 32.2. The molecule has 0 bridgehead atoms. The zero-order valence-electron chi connectivity index (χ0n) is 19.6. The SMILES string of the molecule is CSCCC(NC(=O)OCC1c2ccccc2-c2ccccc21)C(=O)N1CCOCC1CC(=O)O. The molecular weight excluding hydrogens is 468 g/mol. The fourth-order valence-corrected chi connectivity index (χ4v) is 5.26. The number of hydrogen-bond donors (Lipinski definition) is 2. The summed E-state index contributed by atoms with van der Waals surface area (Å²) in [5.41, 5.74) is 4.51. The number of thioether (sulfide) groups is 1. The average Bonchev–Trinajstić information content (AvgIpc) is 3.18. The molecule has 186 valence electrons. The number of ether oxygens (including phenoxy) is 2. The third-order valence-electron chi connectivity index (χ3n) is 6.47. The summed E-state index contributed by atoms with van der Waals surface area (Å²) in [6.07, 6.45) is 1.48. The van der Waals surface area contributed by atoms with Crippen molar-refractivity contribution in [3.8, 4) is 11.1 Å². The van der Waals surface area contributed by atoms with Crippen molar-refractivity contribution in [2.75, 3.05) is 38.4 Å². The van der Waals surface area contributed by atoms with Crippen LogP contribution < -0.4 is 5.32 Å². The highest BCUT2D eigenvalue weighted by Gasteiger charge is 2.35. The predicted molar refractivity (Wildman–Crippen MR) is 134 cm³/mol. The summed E-state index contributed by atoms with van der Waals surface area (Å²) in [7, 11) is 0. The normalized spacial score (nSPS) is 17.9. The molecule has 1 heterocycles. The Morgan fingerprint density at radius 1 is 1.14 bits per heavy atom. The number of hydrogen-bond acceptors (Lipinski definition) is 6. The van der Waals surface area contributed by atoms with Crippen LogP contribution in [-0.4, -0.2) is 78.4 Å². The molecule has 1 aliphatic carbocycles. The first-order chi connectivity index (χ1) is 17.0. The smallest absolute Gasteiger partial charge is 0.407 e. The monoisotopic (exact) mass is 498 g/mol. The van der Waals surface area contributed by atoms with Crippen LogP contribution in [0.15, 0.2) is 48.5 Å². The van der Waals surface area contributed by atoms with E-state index in [2.05, 4.69) is 17.4 Å². The van der Waals surface area contributed by atoms with Gasteiger partial charge in [0.25, 0.3) is 0 Å². The summed E-state index contributed by atoms with van der Waals surface area (Å²) >= 11 is 1.57. The quantitative estimate of drug-likeness (QED) is 0.546. The summed E-state index contributed by atoms with van der Waals surface area (Å²) < 4.78 is 11.0. The molecule has 2 aliphatic rings. The van der Waals surface area contributed by atoms with Crippen LogP contribution in [0.2, 0.25) is 0 Å². The first-order valence-electron chi connectivity index (χ1n) is 11.7. The second-order valence-corrected chi connectivity index (χ2v) is 9.65. The molecular formula is C26H30N2O6S. The van der Waals surface area contributed by atoms with Crippen LogP contribution in [0.5, 0.6) is 0 Å². The van der Waals surface area contributed by atoms with E-state index in [1.807, 2.05) is 42.7 Å². The molecule has 2 unspecified atom stereocenters. The lowest BCUT2D eigenvalue weighted by Crippen LogP contribution is -2.56. The van der Waals surface area contributed by atoms with Crippen LogP contribution in [0.3, 0.4) is 0 Å². The fraction of sp³-hybridized carbons (Fsp3) is 0.423. The zero-order valence-corrected chi connectivity index (χ0v) is 20.5. The second-order valence-electron chi connectivity index (χ2n) is 8.66. The number of carbonyl (C=O) groups excluding carboxylic acids is 2. The fourth-order valence-electron chi connectivity index (χ4n) is 4.79. The maximum absolute atomic E-state index is 13.3. The number of carbonyl (C=O) groups is 3. The molecule has 2 aromatic carbocycles. The minimum absolute atomic E-state index is 0.0762. The summed E-state index contributed by atoms with van der Waals surface area (Å²) in [6, 6.07) is 14.8.